The Bertz CT molecular complexity index is 443. The van der Waals surface area contributed by atoms with Gasteiger partial charge < -0.3 is 19.7 Å². The number of ether oxygens (including phenoxy) is 2. The van der Waals surface area contributed by atoms with Gasteiger partial charge in [0.2, 0.25) is 0 Å². The summed E-state index contributed by atoms with van der Waals surface area (Å²) in [5.74, 6) is 2.90. The van der Waals surface area contributed by atoms with Crippen molar-refractivity contribution in [2.24, 2.45) is 16.8 Å². The summed E-state index contributed by atoms with van der Waals surface area (Å²) in [7, 11) is 1.91. The van der Waals surface area contributed by atoms with Crippen molar-refractivity contribution in [2.45, 2.75) is 83.3 Å². The molecule has 5 heteroatoms. The minimum atomic E-state index is 0.328. The maximum Gasteiger partial charge on any atom is 0.193 e. The fourth-order valence-electron chi connectivity index (χ4n) is 4.96. The highest BCUT2D eigenvalue weighted by Crippen LogP contribution is 2.30. The third-order valence-corrected chi connectivity index (χ3v) is 6.63. The number of rotatable bonds is 6. The van der Waals surface area contributed by atoms with E-state index in [0.717, 1.165) is 69.9 Å². The van der Waals surface area contributed by atoms with E-state index in [1.165, 1.54) is 44.9 Å². The Morgan fingerprint density at radius 3 is 2.67 bits per heavy atom. The lowest BCUT2D eigenvalue weighted by atomic mass is 9.81. The molecule has 1 saturated carbocycles. The molecule has 1 aliphatic carbocycles. The van der Waals surface area contributed by atoms with Gasteiger partial charge in [-0.15, -0.1) is 0 Å². The van der Waals surface area contributed by atoms with E-state index in [4.69, 9.17) is 9.47 Å². The number of piperidine rings is 1. The minimum absolute atomic E-state index is 0.328. The molecule has 0 aromatic rings. The second kappa shape index (κ2) is 11.3. The standard InChI is InChI=1S/C22H41N3O2/c1-18-6-5-7-19(16-18)9-12-24-22(23-2)25-13-10-20(11-14-25)27-17-21-8-3-4-15-26-21/h18-21H,3-17H2,1-2H3,(H,23,24). The monoisotopic (exact) mass is 379 g/mol. The van der Waals surface area contributed by atoms with Crippen LogP contribution in [0.2, 0.25) is 0 Å². The Morgan fingerprint density at radius 1 is 1.11 bits per heavy atom. The van der Waals surface area contributed by atoms with Gasteiger partial charge in [0.25, 0.3) is 0 Å². The zero-order valence-corrected chi connectivity index (χ0v) is 17.6. The summed E-state index contributed by atoms with van der Waals surface area (Å²) in [6, 6.07) is 0. The topological polar surface area (TPSA) is 46.1 Å². The van der Waals surface area contributed by atoms with Crippen LogP contribution in [-0.4, -0.2) is 63.0 Å². The third kappa shape index (κ3) is 6.94. The summed E-state index contributed by atoms with van der Waals surface area (Å²) < 4.78 is 11.9. The van der Waals surface area contributed by atoms with Crippen LogP contribution < -0.4 is 5.32 Å². The maximum absolute atomic E-state index is 6.14. The number of nitrogens with zero attached hydrogens (tertiary/aromatic N) is 2. The van der Waals surface area contributed by atoms with E-state index < -0.39 is 0 Å². The first-order valence-corrected chi connectivity index (χ1v) is 11.4. The van der Waals surface area contributed by atoms with Gasteiger partial charge in [-0.3, -0.25) is 4.99 Å². The molecule has 0 bridgehead atoms. The van der Waals surface area contributed by atoms with Gasteiger partial charge in [-0.25, -0.2) is 0 Å². The molecule has 2 aliphatic heterocycles. The zero-order chi connectivity index (χ0) is 18.9. The van der Waals surface area contributed by atoms with Crippen molar-refractivity contribution >= 4 is 5.96 Å². The Labute approximate surface area is 166 Å². The van der Waals surface area contributed by atoms with Crippen LogP contribution in [-0.2, 0) is 9.47 Å². The predicted molar refractivity (Wildman–Crippen MR) is 111 cm³/mol. The molecule has 2 heterocycles. The van der Waals surface area contributed by atoms with Gasteiger partial charge in [-0.05, 0) is 56.8 Å². The first kappa shape index (κ1) is 20.9. The molecule has 0 spiro atoms. The van der Waals surface area contributed by atoms with Gasteiger partial charge in [-0.1, -0.05) is 26.2 Å². The average molecular weight is 380 g/mol. The summed E-state index contributed by atoms with van der Waals surface area (Å²) in [4.78, 5) is 6.93. The molecule has 0 aromatic carbocycles. The first-order chi connectivity index (χ1) is 13.2. The van der Waals surface area contributed by atoms with E-state index in [2.05, 4.69) is 22.1 Å². The molecule has 0 radical (unpaired) electrons. The predicted octanol–water partition coefficient (Wildman–Crippen LogP) is 3.83. The maximum atomic E-state index is 6.14. The van der Waals surface area contributed by atoms with E-state index in [1.54, 1.807) is 0 Å². The van der Waals surface area contributed by atoms with E-state index >= 15 is 0 Å². The highest BCUT2D eigenvalue weighted by Gasteiger charge is 2.24. The van der Waals surface area contributed by atoms with Crippen molar-refractivity contribution < 1.29 is 9.47 Å². The fourth-order valence-corrected chi connectivity index (χ4v) is 4.96. The largest absolute Gasteiger partial charge is 0.376 e. The van der Waals surface area contributed by atoms with E-state index in [9.17, 15) is 0 Å². The first-order valence-electron chi connectivity index (χ1n) is 11.4. The van der Waals surface area contributed by atoms with Gasteiger partial charge in [0.05, 0.1) is 18.8 Å². The molecule has 3 rings (SSSR count). The molecular formula is C22H41N3O2. The van der Waals surface area contributed by atoms with Crippen molar-refractivity contribution in [3.63, 3.8) is 0 Å². The van der Waals surface area contributed by atoms with Gasteiger partial charge >= 0.3 is 0 Å². The van der Waals surface area contributed by atoms with Gasteiger partial charge in [0.1, 0.15) is 0 Å². The van der Waals surface area contributed by atoms with Crippen LogP contribution in [0.3, 0.4) is 0 Å². The molecule has 0 aromatic heterocycles. The van der Waals surface area contributed by atoms with Gasteiger partial charge in [0.15, 0.2) is 5.96 Å². The van der Waals surface area contributed by atoms with Crippen molar-refractivity contribution in [3.05, 3.63) is 0 Å². The van der Waals surface area contributed by atoms with E-state index in [1.807, 2.05) is 7.05 Å². The van der Waals surface area contributed by atoms with Crippen molar-refractivity contribution in [3.8, 4) is 0 Å². The SMILES string of the molecule is CN=C(NCCC1CCCC(C)C1)N1CCC(OCC2CCCCO2)CC1. The second-order valence-electron chi connectivity index (χ2n) is 8.91. The molecule has 1 N–H and O–H groups in total. The third-order valence-electron chi connectivity index (χ3n) is 6.63. The molecule has 27 heavy (non-hydrogen) atoms. The summed E-state index contributed by atoms with van der Waals surface area (Å²) >= 11 is 0. The van der Waals surface area contributed by atoms with Crippen LogP contribution >= 0.6 is 0 Å². The number of nitrogens with one attached hydrogen (secondary N) is 1. The smallest absolute Gasteiger partial charge is 0.193 e. The number of hydrogen-bond acceptors (Lipinski definition) is 3. The van der Waals surface area contributed by atoms with E-state index in [0.29, 0.717) is 12.2 Å². The molecule has 5 nitrogen and oxygen atoms in total. The molecule has 3 atom stereocenters. The van der Waals surface area contributed by atoms with Crippen molar-refractivity contribution in [1.29, 1.82) is 0 Å². The van der Waals surface area contributed by atoms with Crippen LogP contribution in [0.15, 0.2) is 4.99 Å². The van der Waals surface area contributed by atoms with Crippen LogP contribution in [0.4, 0.5) is 0 Å². The van der Waals surface area contributed by atoms with Crippen molar-refractivity contribution in [2.75, 3.05) is 39.9 Å². The van der Waals surface area contributed by atoms with Crippen LogP contribution in [0.1, 0.15) is 71.1 Å². The number of aliphatic imine (C=N–C) groups is 1. The van der Waals surface area contributed by atoms with Gasteiger partial charge in [-0.2, -0.15) is 0 Å². The fraction of sp³-hybridized carbons (Fsp3) is 0.955. The molecule has 3 aliphatic rings. The van der Waals surface area contributed by atoms with E-state index in [-0.39, 0.29) is 0 Å². The summed E-state index contributed by atoms with van der Waals surface area (Å²) in [6.07, 6.45) is 13.5. The highest BCUT2D eigenvalue weighted by atomic mass is 16.5. The second-order valence-corrected chi connectivity index (χ2v) is 8.91. The highest BCUT2D eigenvalue weighted by molar-refractivity contribution is 5.79. The number of likely N-dealkylation sites (tertiary alicyclic amines) is 1. The summed E-state index contributed by atoms with van der Waals surface area (Å²) in [6.45, 7) is 7.23. The van der Waals surface area contributed by atoms with Crippen molar-refractivity contribution in [1.82, 2.24) is 10.2 Å². The normalized spacial score (nSPS) is 31.1. The number of hydrogen-bond donors (Lipinski definition) is 1. The number of guanidine groups is 1. The lowest BCUT2D eigenvalue weighted by molar-refractivity contribution is -0.0721. The minimum Gasteiger partial charge on any atom is -0.376 e. The van der Waals surface area contributed by atoms with Gasteiger partial charge in [0, 0.05) is 33.3 Å². The molecule has 3 fully saturated rings. The Balaban J connectivity index is 1.31. The molecular weight excluding hydrogens is 338 g/mol. The zero-order valence-electron chi connectivity index (χ0n) is 17.6. The molecule has 2 saturated heterocycles. The van der Waals surface area contributed by atoms with Crippen LogP contribution in [0, 0.1) is 11.8 Å². The Morgan fingerprint density at radius 2 is 1.96 bits per heavy atom. The Hall–Kier alpha value is -0.810. The van der Waals surface area contributed by atoms with Crippen LogP contribution in [0.25, 0.3) is 0 Å². The Kier molecular flexibility index (Phi) is 8.72. The quantitative estimate of drug-likeness (QED) is 0.563. The molecule has 3 unspecified atom stereocenters. The lowest BCUT2D eigenvalue weighted by Crippen LogP contribution is -2.47. The summed E-state index contributed by atoms with van der Waals surface area (Å²) in [5.41, 5.74) is 0. The lowest BCUT2D eigenvalue weighted by Gasteiger charge is -2.35. The molecule has 0 amide bonds. The summed E-state index contributed by atoms with van der Waals surface area (Å²) in [5, 5.41) is 3.61. The van der Waals surface area contributed by atoms with Crippen LogP contribution in [0.5, 0.6) is 0 Å². The average Bonchev–Trinajstić information content (AvgIpc) is 2.71. The molecule has 156 valence electrons.